The molecule has 2 aliphatic carbocycles. The number of imidazole rings is 1. The van der Waals surface area contributed by atoms with Gasteiger partial charge in [0.25, 0.3) is 0 Å². The molecule has 0 radical (unpaired) electrons. The Bertz CT molecular complexity index is 1490. The van der Waals surface area contributed by atoms with Crippen LogP contribution in [0.15, 0.2) is 61.1 Å². The molecule has 0 bridgehead atoms. The monoisotopic (exact) mass is 512 g/mol. The van der Waals surface area contributed by atoms with Gasteiger partial charge in [-0.3, -0.25) is 4.79 Å². The third kappa shape index (κ3) is 4.69. The van der Waals surface area contributed by atoms with Crippen molar-refractivity contribution < 1.29 is 4.79 Å². The number of rotatable bonds is 8. The summed E-state index contributed by atoms with van der Waals surface area (Å²) in [6.45, 7) is 2.65. The molecule has 4 aromatic rings. The van der Waals surface area contributed by atoms with E-state index < -0.39 is 0 Å². The van der Waals surface area contributed by atoms with Crippen molar-refractivity contribution in [2.75, 3.05) is 23.7 Å². The number of carbonyl (C=O) groups is 1. The number of amides is 1. The first-order valence-electron chi connectivity index (χ1n) is 13.1. The van der Waals surface area contributed by atoms with Crippen molar-refractivity contribution in [2.24, 2.45) is 5.92 Å². The lowest BCUT2D eigenvalue weighted by molar-refractivity contribution is -0.117. The average Bonchev–Trinajstić information content (AvgIpc) is 3.78. The van der Waals surface area contributed by atoms with Crippen LogP contribution in [0.25, 0.3) is 5.65 Å². The Kier molecular flexibility index (Phi) is 5.63. The molecular formula is C29H29ClN6O. The van der Waals surface area contributed by atoms with E-state index in [1.54, 1.807) is 6.20 Å². The Hall–Kier alpha value is -3.42. The van der Waals surface area contributed by atoms with Crippen LogP contribution in [0.1, 0.15) is 59.4 Å². The van der Waals surface area contributed by atoms with Crippen LogP contribution in [-0.2, 0) is 11.3 Å². The number of carbonyl (C=O) groups excluding carboxylic acids is 1. The second kappa shape index (κ2) is 9.15. The summed E-state index contributed by atoms with van der Waals surface area (Å²) in [6.07, 6.45) is 9.52. The van der Waals surface area contributed by atoms with Crippen LogP contribution < -0.4 is 16.0 Å². The summed E-state index contributed by atoms with van der Waals surface area (Å²) in [4.78, 5) is 22.1. The lowest BCUT2D eigenvalue weighted by Gasteiger charge is -2.28. The zero-order valence-corrected chi connectivity index (χ0v) is 21.2. The molecule has 7 nitrogen and oxygen atoms in total. The lowest BCUT2D eigenvalue weighted by Crippen LogP contribution is -2.40. The van der Waals surface area contributed by atoms with Crippen LogP contribution in [0.2, 0.25) is 5.02 Å². The summed E-state index contributed by atoms with van der Waals surface area (Å²) < 4.78 is 2.21. The Morgan fingerprint density at radius 2 is 1.97 bits per heavy atom. The van der Waals surface area contributed by atoms with Crippen molar-refractivity contribution in [1.82, 2.24) is 19.7 Å². The molecule has 1 aliphatic heterocycles. The summed E-state index contributed by atoms with van der Waals surface area (Å²) in [5, 5.41) is 10.5. The molecule has 2 atom stereocenters. The van der Waals surface area contributed by atoms with Crippen LogP contribution >= 0.6 is 11.6 Å². The molecule has 3 fully saturated rings. The van der Waals surface area contributed by atoms with Crippen molar-refractivity contribution in [2.45, 2.75) is 43.6 Å². The summed E-state index contributed by atoms with van der Waals surface area (Å²) in [7, 11) is 0. The molecule has 0 unspecified atom stereocenters. The Labute approximate surface area is 220 Å². The molecule has 37 heavy (non-hydrogen) atoms. The smallest absolute Gasteiger partial charge is 0.229 e. The lowest BCUT2D eigenvalue weighted by atomic mass is 9.93. The Morgan fingerprint density at radius 1 is 1.08 bits per heavy atom. The molecule has 2 saturated carbocycles. The number of nitrogens with one attached hydrogen (secondary N) is 3. The number of fused-ring (bicyclic) bond motifs is 1. The van der Waals surface area contributed by atoms with E-state index in [2.05, 4.69) is 43.8 Å². The van der Waals surface area contributed by atoms with Crippen molar-refractivity contribution in [3.63, 3.8) is 0 Å². The number of aromatic nitrogens is 3. The molecule has 1 amide bonds. The van der Waals surface area contributed by atoms with Gasteiger partial charge in [0.2, 0.25) is 5.91 Å². The number of halogens is 1. The first-order chi connectivity index (χ1) is 18.1. The fourth-order valence-electron chi connectivity index (χ4n) is 5.34. The van der Waals surface area contributed by atoms with Gasteiger partial charge in [0.1, 0.15) is 11.5 Å². The predicted octanol–water partition coefficient (Wildman–Crippen LogP) is 5.30. The van der Waals surface area contributed by atoms with Gasteiger partial charge in [-0.05, 0) is 66.5 Å². The van der Waals surface area contributed by atoms with E-state index in [4.69, 9.17) is 16.6 Å². The maximum absolute atomic E-state index is 12.8. The van der Waals surface area contributed by atoms with Gasteiger partial charge in [0.05, 0.1) is 12.2 Å². The third-order valence-electron chi connectivity index (χ3n) is 7.81. The predicted molar refractivity (Wildman–Crippen MR) is 145 cm³/mol. The number of anilines is 2. The number of nitrogens with zero attached hydrogens (tertiary/aromatic N) is 3. The first-order valence-corrected chi connectivity index (χ1v) is 13.5. The number of benzene rings is 1. The van der Waals surface area contributed by atoms with Gasteiger partial charge < -0.3 is 20.4 Å². The third-order valence-corrected chi connectivity index (χ3v) is 8.04. The summed E-state index contributed by atoms with van der Waals surface area (Å²) in [6, 6.07) is 13.9. The van der Waals surface area contributed by atoms with Gasteiger partial charge in [-0.1, -0.05) is 23.7 Å². The molecule has 8 heteroatoms. The maximum Gasteiger partial charge on any atom is 0.229 e. The van der Waals surface area contributed by atoms with E-state index in [9.17, 15) is 4.79 Å². The van der Waals surface area contributed by atoms with Crippen molar-refractivity contribution in [3.05, 3.63) is 88.5 Å². The highest BCUT2D eigenvalue weighted by molar-refractivity contribution is 6.30. The molecule has 3 N–H and O–H groups in total. The fraction of sp³-hybridized carbons (Fsp3) is 0.345. The minimum atomic E-state index is -0.0459. The van der Waals surface area contributed by atoms with Gasteiger partial charge in [0, 0.05) is 65.9 Å². The van der Waals surface area contributed by atoms with E-state index in [-0.39, 0.29) is 17.7 Å². The summed E-state index contributed by atoms with van der Waals surface area (Å²) >= 11 is 6.11. The number of hydrogen-bond acceptors (Lipinski definition) is 5. The second-order valence-corrected chi connectivity index (χ2v) is 11.0. The second-order valence-electron chi connectivity index (χ2n) is 10.6. The average molecular weight is 513 g/mol. The zero-order valence-electron chi connectivity index (χ0n) is 20.5. The van der Waals surface area contributed by atoms with Crippen molar-refractivity contribution in [3.8, 4) is 0 Å². The molecule has 1 aromatic carbocycles. The summed E-state index contributed by atoms with van der Waals surface area (Å²) in [5.41, 5.74) is 6.87. The van der Waals surface area contributed by atoms with Crippen LogP contribution in [0, 0.1) is 5.92 Å². The van der Waals surface area contributed by atoms with Crippen LogP contribution in [-0.4, -0.2) is 33.4 Å². The van der Waals surface area contributed by atoms with Gasteiger partial charge in [-0.2, -0.15) is 0 Å². The fourth-order valence-corrected chi connectivity index (χ4v) is 5.54. The number of pyridine rings is 2. The number of hydrogen-bond donors (Lipinski definition) is 3. The van der Waals surface area contributed by atoms with Crippen LogP contribution in [0.4, 0.5) is 11.5 Å². The van der Waals surface area contributed by atoms with Gasteiger partial charge in [0.15, 0.2) is 0 Å². The first kappa shape index (κ1) is 22.8. The van der Waals surface area contributed by atoms with Gasteiger partial charge in [-0.25, -0.2) is 9.97 Å². The molecule has 188 valence electrons. The minimum absolute atomic E-state index is 0.000503. The summed E-state index contributed by atoms with van der Waals surface area (Å²) in [5.74, 6) is 1.98. The minimum Gasteiger partial charge on any atom is -0.379 e. The van der Waals surface area contributed by atoms with E-state index in [1.165, 1.54) is 24.0 Å². The standard InChI is InChI=1S/C29H29ClN6O/c30-21-3-1-2-18(8-21)24-11-26(24)29(37)35-27-10-22(6-7-32-27)33-14-23-16-36-15-19(17-4-5-17)9-25(28(36)34-23)20-12-31-13-20/h1-3,6-10,15-17,20,24,26,31H,4-5,11-14H2,(H2,32,33,35,37)/t24-,26+/m1/s1. The largest absolute Gasteiger partial charge is 0.379 e. The molecule has 4 heterocycles. The maximum atomic E-state index is 12.8. The molecule has 7 rings (SSSR count). The molecular weight excluding hydrogens is 484 g/mol. The quantitative estimate of drug-likeness (QED) is 0.298. The topological polar surface area (TPSA) is 83.4 Å². The molecule has 0 spiro atoms. The van der Waals surface area contributed by atoms with E-state index in [0.29, 0.717) is 29.2 Å². The normalized spacial score (nSPS) is 21.0. The van der Waals surface area contributed by atoms with Crippen LogP contribution in [0.3, 0.4) is 0 Å². The highest BCUT2D eigenvalue weighted by Gasteiger charge is 2.44. The zero-order chi connectivity index (χ0) is 24.9. The van der Waals surface area contributed by atoms with E-state index >= 15 is 0 Å². The molecule has 3 aliphatic rings. The van der Waals surface area contributed by atoms with E-state index in [1.807, 2.05) is 36.4 Å². The molecule has 3 aromatic heterocycles. The van der Waals surface area contributed by atoms with Gasteiger partial charge in [-0.15, -0.1) is 0 Å². The van der Waals surface area contributed by atoms with Gasteiger partial charge >= 0.3 is 0 Å². The highest BCUT2D eigenvalue weighted by atomic mass is 35.5. The van der Waals surface area contributed by atoms with Crippen LogP contribution in [0.5, 0.6) is 0 Å². The highest BCUT2D eigenvalue weighted by Crippen LogP contribution is 2.48. The van der Waals surface area contributed by atoms with Crippen molar-refractivity contribution in [1.29, 1.82) is 0 Å². The SMILES string of the molecule is O=C(Nc1cc(NCc2cn3cc(C4CC4)cc(C4CNC4)c3n2)ccn1)[C@H]1C[C@@H]1c1cccc(Cl)c1. The molecule has 1 saturated heterocycles. The Balaban J connectivity index is 1.02. The van der Waals surface area contributed by atoms with E-state index in [0.717, 1.165) is 42.1 Å². The Morgan fingerprint density at radius 3 is 2.76 bits per heavy atom. The van der Waals surface area contributed by atoms with Crippen molar-refractivity contribution >= 4 is 34.7 Å².